The van der Waals surface area contributed by atoms with Crippen molar-refractivity contribution in [3.63, 3.8) is 0 Å². The van der Waals surface area contributed by atoms with Gasteiger partial charge >= 0.3 is 0 Å². The molecule has 0 saturated carbocycles. The lowest BCUT2D eigenvalue weighted by Gasteiger charge is -2.25. The molecule has 0 bridgehead atoms. The highest BCUT2D eigenvalue weighted by Gasteiger charge is 2.19. The van der Waals surface area contributed by atoms with E-state index in [1.807, 2.05) is 0 Å². The fourth-order valence-corrected chi connectivity index (χ4v) is 3.20. The van der Waals surface area contributed by atoms with Crippen LogP contribution in [0.25, 0.3) is 0 Å². The second kappa shape index (κ2) is 5.86. The lowest BCUT2D eigenvalue weighted by Crippen LogP contribution is -2.11. The van der Waals surface area contributed by atoms with Crippen molar-refractivity contribution in [3.05, 3.63) is 34.4 Å². The van der Waals surface area contributed by atoms with Crippen LogP contribution in [0, 0.1) is 26.7 Å². The van der Waals surface area contributed by atoms with Crippen LogP contribution < -0.4 is 0 Å². The van der Waals surface area contributed by atoms with E-state index in [0.29, 0.717) is 11.8 Å². The van der Waals surface area contributed by atoms with Gasteiger partial charge in [-0.25, -0.2) is 0 Å². The Hall–Kier alpha value is -0.300. The van der Waals surface area contributed by atoms with Crippen LogP contribution >= 0.6 is 15.9 Å². The molecule has 16 heavy (non-hydrogen) atoms. The summed E-state index contributed by atoms with van der Waals surface area (Å²) in [5, 5.41) is 1.09. The monoisotopic (exact) mass is 282 g/mol. The van der Waals surface area contributed by atoms with Crippen LogP contribution in [0.4, 0.5) is 0 Å². The third-order valence-corrected chi connectivity index (χ3v) is 3.79. The molecule has 1 unspecified atom stereocenters. The van der Waals surface area contributed by atoms with E-state index < -0.39 is 0 Å². The van der Waals surface area contributed by atoms with Gasteiger partial charge in [-0.15, -0.1) is 0 Å². The molecule has 0 amide bonds. The first-order valence-corrected chi connectivity index (χ1v) is 7.23. The Balaban J connectivity index is 3.18. The summed E-state index contributed by atoms with van der Waals surface area (Å²) in [6.45, 7) is 11.3. The van der Waals surface area contributed by atoms with Crippen molar-refractivity contribution in [2.75, 3.05) is 5.33 Å². The van der Waals surface area contributed by atoms with E-state index in [1.54, 1.807) is 5.56 Å². The maximum absolute atomic E-state index is 3.58. The summed E-state index contributed by atoms with van der Waals surface area (Å²) in [5.74, 6) is 1.39. The molecule has 0 radical (unpaired) electrons. The zero-order chi connectivity index (χ0) is 12.3. The van der Waals surface area contributed by atoms with Crippen molar-refractivity contribution in [1.29, 1.82) is 0 Å². The predicted octanol–water partition coefficient (Wildman–Crippen LogP) is 5.14. The molecule has 90 valence electrons. The Morgan fingerprint density at radius 3 is 1.94 bits per heavy atom. The Morgan fingerprint density at radius 1 is 1.06 bits per heavy atom. The minimum absolute atomic E-state index is 0.681. The number of alkyl halides is 1. The number of benzene rings is 1. The van der Waals surface area contributed by atoms with Crippen molar-refractivity contribution in [2.24, 2.45) is 5.92 Å². The van der Waals surface area contributed by atoms with Gasteiger partial charge in [0.15, 0.2) is 0 Å². The molecule has 0 aliphatic rings. The molecule has 0 fully saturated rings. The number of hydrogen-bond donors (Lipinski definition) is 0. The summed E-state index contributed by atoms with van der Waals surface area (Å²) < 4.78 is 0. The van der Waals surface area contributed by atoms with E-state index >= 15 is 0 Å². The van der Waals surface area contributed by atoms with Gasteiger partial charge in [-0.05, 0) is 55.7 Å². The lowest BCUT2D eigenvalue weighted by atomic mass is 9.81. The van der Waals surface area contributed by atoms with Crippen LogP contribution in [0.15, 0.2) is 12.1 Å². The van der Waals surface area contributed by atoms with Gasteiger partial charge in [-0.2, -0.15) is 0 Å². The first kappa shape index (κ1) is 13.8. The molecule has 1 heteroatoms. The number of halogens is 1. The molecule has 0 saturated heterocycles. The third kappa shape index (κ3) is 3.10. The first-order valence-electron chi connectivity index (χ1n) is 6.11. The maximum atomic E-state index is 3.58. The second-order valence-electron chi connectivity index (χ2n) is 5.14. The fourth-order valence-electron chi connectivity index (χ4n) is 2.70. The summed E-state index contributed by atoms with van der Waals surface area (Å²) in [6, 6.07) is 4.62. The molecule has 1 aromatic carbocycles. The van der Waals surface area contributed by atoms with Crippen LogP contribution in [-0.2, 0) is 0 Å². The largest absolute Gasteiger partial charge is 0.0928 e. The summed E-state index contributed by atoms with van der Waals surface area (Å²) in [5.41, 5.74) is 5.86. The Bertz CT molecular complexity index is 329. The van der Waals surface area contributed by atoms with Crippen LogP contribution in [-0.4, -0.2) is 5.33 Å². The third-order valence-electron chi connectivity index (χ3n) is 3.33. The quantitative estimate of drug-likeness (QED) is 0.671. The van der Waals surface area contributed by atoms with E-state index in [2.05, 4.69) is 62.7 Å². The number of aryl methyl sites for hydroxylation is 3. The van der Waals surface area contributed by atoms with E-state index in [-0.39, 0.29) is 0 Å². The van der Waals surface area contributed by atoms with Gasteiger partial charge in [-0.3, -0.25) is 0 Å². The molecule has 1 rings (SSSR count). The van der Waals surface area contributed by atoms with Gasteiger partial charge in [0, 0.05) is 5.33 Å². The molecule has 1 aromatic rings. The zero-order valence-electron chi connectivity index (χ0n) is 11.1. The fraction of sp³-hybridized carbons (Fsp3) is 0.600. The van der Waals surface area contributed by atoms with Gasteiger partial charge < -0.3 is 0 Å². The van der Waals surface area contributed by atoms with Crippen molar-refractivity contribution >= 4 is 15.9 Å². The first-order chi connectivity index (χ1) is 7.47. The van der Waals surface area contributed by atoms with E-state index in [0.717, 1.165) is 5.33 Å². The average molecular weight is 283 g/mol. The number of rotatable bonds is 4. The van der Waals surface area contributed by atoms with Gasteiger partial charge in [-0.1, -0.05) is 47.5 Å². The van der Waals surface area contributed by atoms with Gasteiger partial charge in [0.25, 0.3) is 0 Å². The Labute approximate surface area is 109 Å². The maximum Gasteiger partial charge on any atom is 0.00372 e. The van der Waals surface area contributed by atoms with Crippen molar-refractivity contribution in [1.82, 2.24) is 0 Å². The highest BCUT2D eigenvalue weighted by molar-refractivity contribution is 9.09. The summed E-state index contributed by atoms with van der Waals surface area (Å²) in [4.78, 5) is 0. The van der Waals surface area contributed by atoms with Crippen LogP contribution in [0.3, 0.4) is 0 Å². The average Bonchev–Trinajstić information content (AvgIpc) is 2.14. The second-order valence-corrected chi connectivity index (χ2v) is 5.93. The predicted molar refractivity (Wildman–Crippen MR) is 76.6 cm³/mol. The highest BCUT2D eigenvalue weighted by Crippen LogP contribution is 2.33. The minimum atomic E-state index is 0.681. The molecule has 0 spiro atoms. The molecule has 0 N–H and O–H groups in total. The SMILES string of the molecule is Cc1cc(C)c(C(CCBr)C(C)C)c(C)c1. The normalized spacial score (nSPS) is 13.2. The Morgan fingerprint density at radius 2 is 1.56 bits per heavy atom. The van der Waals surface area contributed by atoms with Crippen LogP contribution in [0.5, 0.6) is 0 Å². The molecule has 0 aliphatic carbocycles. The lowest BCUT2D eigenvalue weighted by molar-refractivity contribution is 0.485. The molecule has 0 heterocycles. The van der Waals surface area contributed by atoms with Crippen molar-refractivity contribution in [3.8, 4) is 0 Å². The van der Waals surface area contributed by atoms with Crippen molar-refractivity contribution < 1.29 is 0 Å². The van der Waals surface area contributed by atoms with Crippen LogP contribution in [0.1, 0.15) is 48.4 Å². The molecule has 1 atom stereocenters. The van der Waals surface area contributed by atoms with E-state index in [9.17, 15) is 0 Å². The van der Waals surface area contributed by atoms with Gasteiger partial charge in [0.2, 0.25) is 0 Å². The summed E-state index contributed by atoms with van der Waals surface area (Å²) >= 11 is 3.58. The van der Waals surface area contributed by atoms with Crippen molar-refractivity contribution in [2.45, 2.75) is 47.0 Å². The zero-order valence-corrected chi connectivity index (χ0v) is 12.7. The van der Waals surface area contributed by atoms with Gasteiger partial charge in [0.1, 0.15) is 0 Å². The molecular formula is C15H23Br. The summed E-state index contributed by atoms with van der Waals surface area (Å²) in [7, 11) is 0. The molecule has 0 aliphatic heterocycles. The standard InChI is InChI=1S/C15H23Br/c1-10(2)14(6-7-16)15-12(4)8-11(3)9-13(15)5/h8-10,14H,6-7H2,1-5H3. The molecule has 0 nitrogen and oxygen atoms in total. The minimum Gasteiger partial charge on any atom is -0.0928 e. The number of hydrogen-bond acceptors (Lipinski definition) is 0. The van der Waals surface area contributed by atoms with Gasteiger partial charge in [0.05, 0.1) is 0 Å². The summed E-state index contributed by atoms with van der Waals surface area (Å²) in [6.07, 6.45) is 1.22. The van der Waals surface area contributed by atoms with E-state index in [1.165, 1.54) is 23.1 Å². The van der Waals surface area contributed by atoms with Crippen LogP contribution in [0.2, 0.25) is 0 Å². The molecular weight excluding hydrogens is 260 g/mol. The topological polar surface area (TPSA) is 0 Å². The Kier molecular flexibility index (Phi) is 5.04. The van der Waals surface area contributed by atoms with E-state index in [4.69, 9.17) is 0 Å². The smallest absolute Gasteiger partial charge is 0.00372 e. The molecule has 0 aromatic heterocycles. The highest BCUT2D eigenvalue weighted by atomic mass is 79.9.